The van der Waals surface area contributed by atoms with E-state index in [4.69, 9.17) is 9.47 Å². The van der Waals surface area contributed by atoms with Crippen LogP contribution in [-0.2, 0) is 4.74 Å². The molecule has 1 atom stereocenters. The number of aromatic nitrogens is 3. The Morgan fingerprint density at radius 3 is 3.00 bits per heavy atom. The number of anilines is 1. The average Bonchev–Trinajstić information content (AvgIpc) is 3.30. The van der Waals surface area contributed by atoms with Crippen LogP contribution in [-0.4, -0.2) is 39.8 Å². The Morgan fingerprint density at radius 1 is 1.36 bits per heavy atom. The van der Waals surface area contributed by atoms with Crippen molar-refractivity contribution in [3.8, 4) is 5.75 Å². The highest BCUT2D eigenvalue weighted by Crippen LogP contribution is 2.19. The third kappa shape index (κ3) is 3.61. The molecule has 1 aliphatic rings. The molecule has 1 aromatic carbocycles. The van der Waals surface area contributed by atoms with Gasteiger partial charge in [0.15, 0.2) is 11.3 Å². The predicted octanol–water partition coefficient (Wildman–Crippen LogP) is 2.54. The van der Waals surface area contributed by atoms with Gasteiger partial charge in [-0.1, -0.05) is 0 Å². The summed E-state index contributed by atoms with van der Waals surface area (Å²) in [5.41, 5.74) is 1.63. The van der Waals surface area contributed by atoms with Crippen molar-refractivity contribution in [2.45, 2.75) is 18.9 Å². The number of hydrogen-bond donors (Lipinski definition) is 1. The van der Waals surface area contributed by atoms with Gasteiger partial charge in [0.25, 0.3) is 5.91 Å². The lowest BCUT2D eigenvalue weighted by Crippen LogP contribution is -2.16. The number of benzene rings is 1. The van der Waals surface area contributed by atoms with Gasteiger partial charge in [0, 0.05) is 30.8 Å². The van der Waals surface area contributed by atoms with E-state index in [-0.39, 0.29) is 12.0 Å². The van der Waals surface area contributed by atoms with Crippen LogP contribution in [0, 0.1) is 0 Å². The lowest BCUT2D eigenvalue weighted by molar-refractivity contribution is 0.0679. The van der Waals surface area contributed by atoms with E-state index in [1.807, 2.05) is 12.1 Å². The van der Waals surface area contributed by atoms with Crippen molar-refractivity contribution >= 4 is 17.2 Å². The molecule has 3 heterocycles. The van der Waals surface area contributed by atoms with E-state index < -0.39 is 0 Å². The maximum atomic E-state index is 12.3. The molecular weight excluding hydrogens is 320 g/mol. The van der Waals surface area contributed by atoms with Gasteiger partial charge in [0.05, 0.1) is 6.10 Å². The number of nitrogens with zero attached hydrogens (tertiary/aromatic N) is 3. The number of hydrogen-bond acceptors (Lipinski definition) is 5. The third-order valence-electron chi connectivity index (χ3n) is 4.04. The zero-order valence-corrected chi connectivity index (χ0v) is 13.6. The van der Waals surface area contributed by atoms with Crippen LogP contribution in [0.3, 0.4) is 0 Å². The van der Waals surface area contributed by atoms with Crippen molar-refractivity contribution in [3.05, 3.63) is 54.5 Å². The minimum absolute atomic E-state index is 0.183. The van der Waals surface area contributed by atoms with Crippen LogP contribution in [0.1, 0.15) is 23.3 Å². The number of fused-ring (bicyclic) bond motifs is 1. The summed E-state index contributed by atoms with van der Waals surface area (Å²) >= 11 is 0. The van der Waals surface area contributed by atoms with Gasteiger partial charge in [-0.25, -0.2) is 9.50 Å². The van der Waals surface area contributed by atoms with Gasteiger partial charge >= 0.3 is 0 Å². The molecule has 1 unspecified atom stereocenters. The first-order valence-electron chi connectivity index (χ1n) is 8.24. The molecule has 1 aliphatic heterocycles. The first kappa shape index (κ1) is 15.6. The topological polar surface area (TPSA) is 77.8 Å². The van der Waals surface area contributed by atoms with Crippen molar-refractivity contribution < 1.29 is 14.3 Å². The summed E-state index contributed by atoms with van der Waals surface area (Å²) in [6.45, 7) is 1.37. The number of carbonyl (C=O) groups excluding carboxylic acids is 1. The highest BCUT2D eigenvalue weighted by atomic mass is 16.5. The monoisotopic (exact) mass is 338 g/mol. The van der Waals surface area contributed by atoms with E-state index in [1.165, 1.54) is 0 Å². The summed E-state index contributed by atoms with van der Waals surface area (Å²) in [6.07, 6.45) is 5.73. The smallest absolute Gasteiger partial charge is 0.276 e. The van der Waals surface area contributed by atoms with Crippen LogP contribution >= 0.6 is 0 Å². The Kier molecular flexibility index (Phi) is 4.30. The standard InChI is InChI=1S/C18H18N4O3/c23-18(16-11-17-19-8-2-9-22(17)21-16)20-13-4-6-14(7-5-13)25-12-15-3-1-10-24-15/h2,4-9,11,15H,1,3,10,12H2,(H,20,23). The molecule has 0 aliphatic carbocycles. The summed E-state index contributed by atoms with van der Waals surface area (Å²) in [7, 11) is 0. The quantitative estimate of drug-likeness (QED) is 0.773. The van der Waals surface area contributed by atoms with Crippen LogP contribution in [0.2, 0.25) is 0 Å². The van der Waals surface area contributed by atoms with Gasteiger partial charge in [0.2, 0.25) is 0 Å². The normalized spacial score (nSPS) is 16.9. The maximum Gasteiger partial charge on any atom is 0.276 e. The van der Waals surface area contributed by atoms with Crippen molar-refractivity contribution in [3.63, 3.8) is 0 Å². The molecule has 2 aromatic heterocycles. The van der Waals surface area contributed by atoms with Crippen LogP contribution in [0.5, 0.6) is 5.75 Å². The molecule has 1 amide bonds. The highest BCUT2D eigenvalue weighted by Gasteiger charge is 2.16. The second-order valence-electron chi connectivity index (χ2n) is 5.88. The van der Waals surface area contributed by atoms with Crippen LogP contribution in [0.4, 0.5) is 5.69 Å². The lowest BCUT2D eigenvalue weighted by atomic mass is 10.2. The fraction of sp³-hybridized carbons (Fsp3) is 0.278. The van der Waals surface area contributed by atoms with Crippen molar-refractivity contribution in [2.75, 3.05) is 18.5 Å². The Balaban J connectivity index is 1.37. The molecule has 0 bridgehead atoms. The van der Waals surface area contributed by atoms with E-state index in [0.29, 0.717) is 23.6 Å². The molecule has 1 N–H and O–H groups in total. The zero-order chi connectivity index (χ0) is 17.1. The maximum absolute atomic E-state index is 12.3. The third-order valence-corrected chi connectivity index (χ3v) is 4.04. The summed E-state index contributed by atoms with van der Waals surface area (Å²) in [4.78, 5) is 16.5. The van der Waals surface area contributed by atoms with Crippen molar-refractivity contribution in [2.24, 2.45) is 0 Å². The molecule has 1 fully saturated rings. The molecule has 128 valence electrons. The number of nitrogens with one attached hydrogen (secondary N) is 1. The van der Waals surface area contributed by atoms with Gasteiger partial charge in [-0.05, 0) is 43.2 Å². The van der Waals surface area contributed by atoms with Crippen molar-refractivity contribution in [1.29, 1.82) is 0 Å². The molecule has 4 rings (SSSR count). The second kappa shape index (κ2) is 6.90. The lowest BCUT2D eigenvalue weighted by Gasteiger charge is -2.11. The number of amides is 1. The summed E-state index contributed by atoms with van der Waals surface area (Å²) in [5.74, 6) is 0.476. The van der Waals surface area contributed by atoms with Crippen LogP contribution in [0.25, 0.3) is 5.65 Å². The summed E-state index contributed by atoms with van der Waals surface area (Å²) in [6, 6.07) is 10.7. The molecule has 7 heteroatoms. The van der Waals surface area contributed by atoms with E-state index in [0.717, 1.165) is 25.2 Å². The fourth-order valence-electron chi connectivity index (χ4n) is 2.74. The van der Waals surface area contributed by atoms with E-state index >= 15 is 0 Å². The molecular formula is C18H18N4O3. The average molecular weight is 338 g/mol. The molecule has 0 radical (unpaired) electrons. The van der Waals surface area contributed by atoms with E-state index in [9.17, 15) is 4.79 Å². The SMILES string of the molecule is O=C(Nc1ccc(OCC2CCCO2)cc1)c1cc2ncccn2n1. The van der Waals surface area contributed by atoms with Gasteiger partial charge in [0.1, 0.15) is 12.4 Å². The van der Waals surface area contributed by atoms with Crippen LogP contribution in [0.15, 0.2) is 48.8 Å². The minimum Gasteiger partial charge on any atom is -0.491 e. The first-order valence-corrected chi connectivity index (χ1v) is 8.24. The predicted molar refractivity (Wildman–Crippen MR) is 91.9 cm³/mol. The number of rotatable bonds is 5. The van der Waals surface area contributed by atoms with Gasteiger partial charge < -0.3 is 14.8 Å². The minimum atomic E-state index is -0.279. The van der Waals surface area contributed by atoms with Crippen molar-refractivity contribution in [1.82, 2.24) is 14.6 Å². The Morgan fingerprint density at radius 2 is 2.24 bits per heavy atom. The van der Waals surface area contributed by atoms with E-state index in [1.54, 1.807) is 41.2 Å². The second-order valence-corrected chi connectivity index (χ2v) is 5.88. The molecule has 0 spiro atoms. The zero-order valence-electron chi connectivity index (χ0n) is 13.6. The molecule has 0 saturated carbocycles. The Hall–Kier alpha value is -2.93. The summed E-state index contributed by atoms with van der Waals surface area (Å²) in [5, 5.41) is 7.02. The van der Waals surface area contributed by atoms with Gasteiger partial charge in [-0.2, -0.15) is 5.10 Å². The molecule has 25 heavy (non-hydrogen) atoms. The first-order chi connectivity index (χ1) is 12.3. The Bertz CT molecular complexity index is 836. The number of carbonyl (C=O) groups is 1. The van der Waals surface area contributed by atoms with Gasteiger partial charge in [-0.3, -0.25) is 4.79 Å². The largest absolute Gasteiger partial charge is 0.491 e. The summed E-state index contributed by atoms with van der Waals surface area (Å²) < 4.78 is 12.8. The van der Waals surface area contributed by atoms with Gasteiger partial charge in [-0.15, -0.1) is 0 Å². The Labute approximate surface area is 144 Å². The molecule has 7 nitrogen and oxygen atoms in total. The fourth-order valence-corrected chi connectivity index (χ4v) is 2.74. The molecule has 1 saturated heterocycles. The molecule has 3 aromatic rings. The number of ether oxygens (including phenoxy) is 2. The highest BCUT2D eigenvalue weighted by molar-refractivity contribution is 6.03. The van der Waals surface area contributed by atoms with E-state index in [2.05, 4.69) is 15.4 Å². The van der Waals surface area contributed by atoms with Crippen LogP contribution < -0.4 is 10.1 Å².